The third-order valence-corrected chi connectivity index (χ3v) is 4.38. The maximum absolute atomic E-state index is 12.2. The molecule has 0 bridgehead atoms. The predicted molar refractivity (Wildman–Crippen MR) is 98.1 cm³/mol. The number of hydrogen-bond acceptors (Lipinski definition) is 2. The predicted octanol–water partition coefficient (Wildman–Crippen LogP) is 3.69. The van der Waals surface area contributed by atoms with Crippen LogP contribution in [0, 0.1) is 0 Å². The molecule has 1 atom stereocenters. The molecule has 1 saturated heterocycles. The van der Waals surface area contributed by atoms with Crippen LogP contribution in [0.4, 0.5) is 10.5 Å². The van der Waals surface area contributed by atoms with Crippen molar-refractivity contribution < 1.29 is 9.59 Å². The first-order valence-corrected chi connectivity index (χ1v) is 8.61. The molecule has 5 heteroatoms. The quantitative estimate of drug-likeness (QED) is 0.874. The Bertz CT molecular complexity index is 746. The second-order valence-electron chi connectivity index (χ2n) is 6.35. The van der Waals surface area contributed by atoms with Crippen LogP contribution in [0.1, 0.15) is 36.9 Å². The number of amides is 3. The van der Waals surface area contributed by atoms with Gasteiger partial charge in [0.1, 0.15) is 0 Å². The molecule has 0 unspecified atom stereocenters. The molecule has 130 valence electrons. The fourth-order valence-corrected chi connectivity index (χ4v) is 3.03. The van der Waals surface area contributed by atoms with Crippen molar-refractivity contribution in [2.75, 3.05) is 11.9 Å². The van der Waals surface area contributed by atoms with Gasteiger partial charge in [-0.25, -0.2) is 4.79 Å². The molecule has 25 heavy (non-hydrogen) atoms. The molecule has 5 nitrogen and oxygen atoms in total. The van der Waals surface area contributed by atoms with Gasteiger partial charge in [0.2, 0.25) is 5.91 Å². The molecular weight excluding hydrogens is 314 g/mol. The summed E-state index contributed by atoms with van der Waals surface area (Å²) < 4.78 is 0. The number of nitrogens with zero attached hydrogens (tertiary/aromatic N) is 1. The van der Waals surface area contributed by atoms with Crippen molar-refractivity contribution in [2.24, 2.45) is 0 Å². The van der Waals surface area contributed by atoms with Crippen molar-refractivity contribution in [1.82, 2.24) is 10.2 Å². The molecule has 2 N–H and O–H groups in total. The second kappa shape index (κ2) is 7.83. The first kappa shape index (κ1) is 17.0. The highest BCUT2D eigenvalue weighted by atomic mass is 16.2. The first-order valence-electron chi connectivity index (χ1n) is 8.61. The molecule has 1 heterocycles. The summed E-state index contributed by atoms with van der Waals surface area (Å²) in [6.07, 6.45) is 1.56. The Hall–Kier alpha value is -2.82. The fraction of sp³-hybridized carbons (Fsp3) is 0.300. The number of nitrogens with one attached hydrogen (secondary N) is 2. The van der Waals surface area contributed by atoms with E-state index in [2.05, 4.69) is 10.6 Å². The Kier molecular flexibility index (Phi) is 5.33. The van der Waals surface area contributed by atoms with Crippen LogP contribution in [0.3, 0.4) is 0 Å². The van der Waals surface area contributed by atoms with Crippen LogP contribution in [-0.4, -0.2) is 23.4 Å². The van der Waals surface area contributed by atoms with E-state index >= 15 is 0 Å². The van der Waals surface area contributed by atoms with E-state index in [-0.39, 0.29) is 18.0 Å². The maximum atomic E-state index is 12.2. The van der Waals surface area contributed by atoms with Gasteiger partial charge in [0, 0.05) is 25.2 Å². The minimum Gasteiger partial charge on any atom is -0.338 e. The summed E-state index contributed by atoms with van der Waals surface area (Å²) >= 11 is 0. The van der Waals surface area contributed by atoms with Gasteiger partial charge in [-0.05, 0) is 36.6 Å². The van der Waals surface area contributed by atoms with Crippen LogP contribution < -0.4 is 10.6 Å². The summed E-state index contributed by atoms with van der Waals surface area (Å²) in [6, 6.07) is 17.1. The summed E-state index contributed by atoms with van der Waals surface area (Å²) in [7, 11) is 0. The third kappa shape index (κ3) is 4.59. The number of benzene rings is 2. The smallest absolute Gasteiger partial charge is 0.319 e. The molecule has 0 radical (unpaired) electrons. The number of hydrogen-bond donors (Lipinski definition) is 2. The van der Waals surface area contributed by atoms with E-state index in [4.69, 9.17) is 0 Å². The van der Waals surface area contributed by atoms with Gasteiger partial charge in [-0.15, -0.1) is 0 Å². The lowest BCUT2D eigenvalue weighted by Crippen LogP contribution is -2.31. The molecule has 1 aliphatic rings. The van der Waals surface area contributed by atoms with Crippen LogP contribution >= 0.6 is 0 Å². The van der Waals surface area contributed by atoms with Gasteiger partial charge in [-0.1, -0.05) is 42.5 Å². The van der Waals surface area contributed by atoms with Gasteiger partial charge in [-0.2, -0.15) is 0 Å². The molecule has 0 spiro atoms. The number of likely N-dealkylation sites (tertiary alicyclic amines) is 1. The number of anilines is 1. The molecule has 0 aliphatic carbocycles. The van der Waals surface area contributed by atoms with E-state index < -0.39 is 0 Å². The van der Waals surface area contributed by atoms with Gasteiger partial charge in [0.25, 0.3) is 0 Å². The molecule has 2 aromatic carbocycles. The van der Waals surface area contributed by atoms with Crippen LogP contribution in [0.2, 0.25) is 0 Å². The van der Waals surface area contributed by atoms with Crippen molar-refractivity contribution in [3.05, 3.63) is 65.7 Å². The summed E-state index contributed by atoms with van der Waals surface area (Å²) in [5.41, 5.74) is 2.80. The molecule has 2 aromatic rings. The van der Waals surface area contributed by atoms with E-state index in [1.54, 1.807) is 0 Å². The van der Waals surface area contributed by atoms with Crippen molar-refractivity contribution in [3.63, 3.8) is 0 Å². The molecule has 0 aromatic heterocycles. The number of carbonyl (C=O) groups is 2. The summed E-state index contributed by atoms with van der Waals surface area (Å²) in [5, 5.41) is 5.80. The van der Waals surface area contributed by atoms with Crippen molar-refractivity contribution in [2.45, 2.75) is 32.4 Å². The lowest BCUT2D eigenvalue weighted by atomic mass is 10.1. The lowest BCUT2D eigenvalue weighted by molar-refractivity contribution is -0.128. The van der Waals surface area contributed by atoms with Crippen LogP contribution in [0.15, 0.2) is 54.6 Å². The van der Waals surface area contributed by atoms with Crippen LogP contribution in [-0.2, 0) is 11.3 Å². The average molecular weight is 337 g/mol. The van der Waals surface area contributed by atoms with Crippen LogP contribution in [0.5, 0.6) is 0 Å². The van der Waals surface area contributed by atoms with Crippen LogP contribution in [0.25, 0.3) is 0 Å². The Labute approximate surface area is 148 Å². The highest BCUT2D eigenvalue weighted by Gasteiger charge is 2.20. The lowest BCUT2D eigenvalue weighted by Gasteiger charge is -2.17. The van der Waals surface area contributed by atoms with Crippen molar-refractivity contribution in [1.29, 1.82) is 0 Å². The Morgan fingerprint density at radius 1 is 1.16 bits per heavy atom. The van der Waals surface area contributed by atoms with E-state index in [1.807, 2.05) is 66.4 Å². The normalized spacial score (nSPS) is 15.1. The number of rotatable bonds is 5. The molecular formula is C20H23N3O2. The van der Waals surface area contributed by atoms with Gasteiger partial charge >= 0.3 is 6.03 Å². The van der Waals surface area contributed by atoms with E-state index in [9.17, 15) is 9.59 Å². The SMILES string of the molecule is C[C@H](NC(=O)Nc1cccc(CN2CCCC2=O)c1)c1ccccc1. The zero-order valence-corrected chi connectivity index (χ0v) is 14.4. The van der Waals surface area contributed by atoms with Gasteiger partial charge < -0.3 is 15.5 Å². The summed E-state index contributed by atoms with van der Waals surface area (Å²) in [4.78, 5) is 25.8. The highest BCUT2D eigenvalue weighted by molar-refractivity contribution is 5.89. The minimum absolute atomic E-state index is 0.0772. The topological polar surface area (TPSA) is 61.4 Å². The summed E-state index contributed by atoms with van der Waals surface area (Å²) in [5.74, 6) is 0.202. The number of urea groups is 1. The average Bonchev–Trinajstić information content (AvgIpc) is 3.00. The van der Waals surface area contributed by atoms with Crippen molar-refractivity contribution >= 4 is 17.6 Å². The highest BCUT2D eigenvalue weighted by Crippen LogP contribution is 2.17. The monoisotopic (exact) mass is 337 g/mol. The van der Waals surface area contributed by atoms with E-state index in [0.29, 0.717) is 13.0 Å². The fourth-order valence-electron chi connectivity index (χ4n) is 3.03. The Morgan fingerprint density at radius 3 is 2.68 bits per heavy atom. The third-order valence-electron chi connectivity index (χ3n) is 4.38. The maximum Gasteiger partial charge on any atom is 0.319 e. The zero-order chi connectivity index (χ0) is 17.6. The van der Waals surface area contributed by atoms with E-state index in [1.165, 1.54) is 0 Å². The zero-order valence-electron chi connectivity index (χ0n) is 14.4. The van der Waals surface area contributed by atoms with Gasteiger partial charge in [0.05, 0.1) is 6.04 Å². The van der Waals surface area contributed by atoms with Crippen molar-refractivity contribution in [3.8, 4) is 0 Å². The summed E-state index contributed by atoms with van der Waals surface area (Å²) in [6.45, 7) is 3.35. The van der Waals surface area contributed by atoms with Gasteiger partial charge in [0.15, 0.2) is 0 Å². The number of carbonyl (C=O) groups excluding carboxylic acids is 2. The Balaban J connectivity index is 1.58. The largest absolute Gasteiger partial charge is 0.338 e. The molecule has 0 saturated carbocycles. The Morgan fingerprint density at radius 2 is 1.96 bits per heavy atom. The standard InChI is InChI=1S/C20H23N3O2/c1-15(17-8-3-2-4-9-17)21-20(25)22-18-10-5-7-16(13-18)14-23-12-6-11-19(23)24/h2-5,7-10,13,15H,6,11-12,14H2,1H3,(H2,21,22,25)/t15-/m0/s1. The minimum atomic E-state index is -0.245. The molecule has 3 amide bonds. The second-order valence-corrected chi connectivity index (χ2v) is 6.35. The first-order chi connectivity index (χ1) is 12.1. The molecule has 1 fully saturated rings. The molecule has 1 aliphatic heterocycles. The molecule has 3 rings (SSSR count). The van der Waals surface area contributed by atoms with Gasteiger partial charge in [-0.3, -0.25) is 4.79 Å². The van der Waals surface area contributed by atoms with E-state index in [0.717, 1.165) is 29.8 Å².